The average Bonchev–Trinajstić information content (AvgIpc) is 3.16. The number of carbonyl (C=O) groups excluding carboxylic acids is 1. The van der Waals surface area contributed by atoms with Crippen LogP contribution < -0.4 is 16.4 Å². The topological polar surface area (TPSA) is 95.8 Å². The molecule has 4 rings (SSSR count). The highest BCUT2D eigenvalue weighted by molar-refractivity contribution is 6.00. The normalized spacial score (nSPS) is 10.7. The van der Waals surface area contributed by atoms with Crippen molar-refractivity contribution in [3.63, 3.8) is 0 Å². The van der Waals surface area contributed by atoms with Crippen LogP contribution in [-0.4, -0.2) is 16.2 Å². The Morgan fingerprint density at radius 3 is 2.21 bits per heavy atom. The number of nitrogen functional groups attached to an aromatic ring is 1. The van der Waals surface area contributed by atoms with Crippen molar-refractivity contribution in [2.24, 2.45) is 0 Å². The van der Waals surface area contributed by atoms with E-state index in [1.165, 1.54) is 30.3 Å². The standard InChI is InChI=1S/C21H14F5N5O.ClH/c1-8-13(22)16(25)17(26)19(14(8)23)29-21(32)28-10-4-2-9(3-5-10)11-6-7-12-18(15(11)24)30-31-20(12)27;/h2-7H,1H3,(H3,27,30,31)(H2,28,29,32);1H. The summed E-state index contributed by atoms with van der Waals surface area (Å²) < 4.78 is 69.6. The molecule has 5 N–H and O–H groups in total. The zero-order valence-electron chi connectivity index (χ0n) is 16.7. The number of nitrogens with two attached hydrogens (primary N) is 1. The van der Waals surface area contributed by atoms with Crippen LogP contribution in [-0.2, 0) is 0 Å². The van der Waals surface area contributed by atoms with Gasteiger partial charge in [-0.05, 0) is 30.7 Å². The highest BCUT2D eigenvalue weighted by atomic mass is 35.5. The zero-order valence-corrected chi connectivity index (χ0v) is 17.5. The Hall–Kier alpha value is -3.86. The van der Waals surface area contributed by atoms with Crippen LogP contribution in [0.1, 0.15) is 5.56 Å². The van der Waals surface area contributed by atoms with Gasteiger partial charge in [-0.25, -0.2) is 26.7 Å². The van der Waals surface area contributed by atoms with Gasteiger partial charge in [-0.15, -0.1) is 12.4 Å². The minimum Gasteiger partial charge on any atom is -0.382 e. The lowest BCUT2D eigenvalue weighted by Crippen LogP contribution is -2.22. The third kappa shape index (κ3) is 4.14. The molecule has 0 aliphatic carbocycles. The van der Waals surface area contributed by atoms with Crippen molar-refractivity contribution < 1.29 is 26.7 Å². The number of anilines is 3. The minimum atomic E-state index is -1.90. The number of aromatic nitrogens is 2. The Kier molecular flexibility index (Phi) is 6.45. The summed E-state index contributed by atoms with van der Waals surface area (Å²) in [5, 5.41) is 10.8. The molecule has 6 nitrogen and oxygen atoms in total. The second kappa shape index (κ2) is 8.94. The maximum atomic E-state index is 14.8. The van der Waals surface area contributed by atoms with Crippen LogP contribution in [0.5, 0.6) is 0 Å². The van der Waals surface area contributed by atoms with Gasteiger partial charge in [0.15, 0.2) is 34.9 Å². The number of urea groups is 1. The molecule has 1 heterocycles. The molecule has 4 aromatic rings. The molecule has 33 heavy (non-hydrogen) atoms. The van der Waals surface area contributed by atoms with E-state index in [-0.39, 0.29) is 35.0 Å². The maximum absolute atomic E-state index is 14.8. The number of H-pyrrole nitrogens is 1. The Morgan fingerprint density at radius 2 is 1.55 bits per heavy atom. The van der Waals surface area contributed by atoms with E-state index >= 15 is 0 Å². The summed E-state index contributed by atoms with van der Waals surface area (Å²) in [6, 6.07) is 7.88. The van der Waals surface area contributed by atoms with E-state index in [9.17, 15) is 26.7 Å². The molecular formula is C21H15ClF5N5O. The van der Waals surface area contributed by atoms with Gasteiger partial charge in [0.25, 0.3) is 0 Å². The Balaban J connectivity index is 0.00000306. The fourth-order valence-corrected chi connectivity index (χ4v) is 3.17. The van der Waals surface area contributed by atoms with E-state index in [1.807, 2.05) is 5.32 Å². The van der Waals surface area contributed by atoms with Gasteiger partial charge in [-0.1, -0.05) is 18.2 Å². The molecule has 1 aromatic heterocycles. The third-order valence-electron chi connectivity index (χ3n) is 4.88. The molecule has 0 unspecified atom stereocenters. The van der Waals surface area contributed by atoms with E-state index in [0.717, 1.165) is 6.92 Å². The van der Waals surface area contributed by atoms with Crippen molar-refractivity contribution in [2.45, 2.75) is 6.92 Å². The average molecular weight is 484 g/mol. The Morgan fingerprint density at radius 1 is 0.879 bits per heavy atom. The molecule has 0 fully saturated rings. The van der Waals surface area contributed by atoms with Crippen LogP contribution in [0.25, 0.3) is 22.0 Å². The second-order valence-corrected chi connectivity index (χ2v) is 6.87. The number of amides is 2. The number of benzene rings is 3. The van der Waals surface area contributed by atoms with Gasteiger partial charge in [0.05, 0.1) is 0 Å². The molecule has 0 saturated heterocycles. The molecular weight excluding hydrogens is 469 g/mol. The molecule has 0 aliphatic heterocycles. The summed E-state index contributed by atoms with van der Waals surface area (Å²) in [6.45, 7) is 0.906. The summed E-state index contributed by atoms with van der Waals surface area (Å²) >= 11 is 0. The van der Waals surface area contributed by atoms with Crippen molar-refractivity contribution in [1.82, 2.24) is 10.2 Å². The number of nitrogens with one attached hydrogen (secondary N) is 3. The molecule has 12 heteroatoms. The molecule has 2 amide bonds. The first-order valence-electron chi connectivity index (χ1n) is 9.12. The predicted octanol–water partition coefficient (Wildman–Crippen LogP) is 5.88. The SMILES string of the molecule is Cc1c(F)c(F)c(F)c(NC(=O)Nc2ccc(-c3ccc4c(N)n[nH]c4c3F)cc2)c1F.Cl. The van der Waals surface area contributed by atoms with Crippen LogP contribution >= 0.6 is 12.4 Å². The Labute approximate surface area is 189 Å². The molecule has 0 atom stereocenters. The van der Waals surface area contributed by atoms with Gasteiger partial charge in [0.2, 0.25) is 0 Å². The van der Waals surface area contributed by atoms with E-state index in [1.54, 1.807) is 6.07 Å². The third-order valence-corrected chi connectivity index (χ3v) is 4.88. The van der Waals surface area contributed by atoms with E-state index in [4.69, 9.17) is 5.73 Å². The monoisotopic (exact) mass is 483 g/mol. The number of hydrogen-bond donors (Lipinski definition) is 4. The number of halogens is 6. The van der Waals surface area contributed by atoms with Crippen LogP contribution in [0.4, 0.5) is 43.9 Å². The Bertz CT molecular complexity index is 1350. The summed E-state index contributed by atoms with van der Waals surface area (Å²) in [6.07, 6.45) is 0. The molecule has 0 radical (unpaired) electrons. The van der Waals surface area contributed by atoms with Crippen LogP contribution in [0.2, 0.25) is 0 Å². The fourth-order valence-electron chi connectivity index (χ4n) is 3.17. The molecule has 0 aliphatic rings. The highest BCUT2D eigenvalue weighted by Crippen LogP contribution is 2.31. The lowest BCUT2D eigenvalue weighted by molar-refractivity contribution is 0.262. The lowest BCUT2D eigenvalue weighted by Gasteiger charge is -2.12. The van der Waals surface area contributed by atoms with Crippen molar-refractivity contribution in [3.05, 3.63) is 71.0 Å². The van der Waals surface area contributed by atoms with Crippen LogP contribution in [0.3, 0.4) is 0 Å². The minimum absolute atomic E-state index is 0. The van der Waals surface area contributed by atoms with Gasteiger partial charge < -0.3 is 16.4 Å². The highest BCUT2D eigenvalue weighted by Gasteiger charge is 2.24. The zero-order chi connectivity index (χ0) is 23.2. The maximum Gasteiger partial charge on any atom is 0.323 e. The number of hydrogen-bond acceptors (Lipinski definition) is 3. The number of aromatic amines is 1. The molecule has 172 valence electrons. The van der Waals surface area contributed by atoms with Gasteiger partial charge in [0, 0.05) is 22.2 Å². The number of nitrogens with zero attached hydrogens (tertiary/aromatic N) is 1. The van der Waals surface area contributed by atoms with Crippen LogP contribution in [0, 0.1) is 36.0 Å². The van der Waals surface area contributed by atoms with Crippen molar-refractivity contribution in [3.8, 4) is 11.1 Å². The van der Waals surface area contributed by atoms with Crippen molar-refractivity contribution in [1.29, 1.82) is 0 Å². The number of carbonyl (C=O) groups is 1. The molecule has 0 bridgehead atoms. The summed E-state index contributed by atoms with van der Waals surface area (Å²) in [5.41, 5.74) is 4.82. The predicted molar refractivity (Wildman–Crippen MR) is 117 cm³/mol. The number of fused-ring (bicyclic) bond motifs is 1. The van der Waals surface area contributed by atoms with Gasteiger partial charge in [-0.3, -0.25) is 5.10 Å². The van der Waals surface area contributed by atoms with Crippen LogP contribution in [0.15, 0.2) is 36.4 Å². The first kappa shape index (κ1) is 23.8. The van der Waals surface area contributed by atoms with Gasteiger partial charge in [-0.2, -0.15) is 5.10 Å². The largest absolute Gasteiger partial charge is 0.382 e. The van der Waals surface area contributed by atoms with Crippen molar-refractivity contribution >= 4 is 46.5 Å². The second-order valence-electron chi connectivity index (χ2n) is 6.87. The van der Waals surface area contributed by atoms with E-state index < -0.39 is 46.4 Å². The smallest absolute Gasteiger partial charge is 0.323 e. The summed E-state index contributed by atoms with van der Waals surface area (Å²) in [4.78, 5) is 12.1. The first-order valence-corrected chi connectivity index (χ1v) is 9.12. The number of rotatable bonds is 3. The quantitative estimate of drug-likeness (QED) is 0.166. The summed E-state index contributed by atoms with van der Waals surface area (Å²) in [7, 11) is 0. The van der Waals surface area contributed by atoms with Gasteiger partial charge >= 0.3 is 6.03 Å². The molecule has 0 saturated carbocycles. The fraction of sp³-hybridized carbons (Fsp3) is 0.0476. The lowest BCUT2D eigenvalue weighted by atomic mass is 10.0. The first-order chi connectivity index (χ1) is 15.2. The summed E-state index contributed by atoms with van der Waals surface area (Å²) in [5.74, 6) is -7.27. The molecule has 3 aromatic carbocycles. The van der Waals surface area contributed by atoms with E-state index in [0.29, 0.717) is 10.9 Å². The van der Waals surface area contributed by atoms with Gasteiger partial charge in [0.1, 0.15) is 11.2 Å². The van der Waals surface area contributed by atoms with Crippen molar-refractivity contribution in [2.75, 3.05) is 16.4 Å². The molecule has 0 spiro atoms. The van der Waals surface area contributed by atoms with E-state index in [2.05, 4.69) is 15.5 Å².